The van der Waals surface area contributed by atoms with Gasteiger partial charge in [0.15, 0.2) is 5.78 Å². The second kappa shape index (κ2) is 8.39. The molecule has 0 spiro atoms. The summed E-state index contributed by atoms with van der Waals surface area (Å²) in [4.78, 5) is 23.0. The van der Waals surface area contributed by atoms with Gasteiger partial charge in [0.05, 0.1) is 12.9 Å². The number of ketones is 1. The Balaban J connectivity index is 5.18. The molecule has 0 fully saturated rings. The molecule has 0 saturated carbocycles. The quantitative estimate of drug-likeness (QED) is 0.240. The molecule has 0 amide bonds. The molecule has 0 heterocycles. The van der Waals surface area contributed by atoms with E-state index in [2.05, 4.69) is 4.74 Å². The van der Waals surface area contributed by atoms with E-state index in [4.69, 9.17) is 0 Å². The van der Waals surface area contributed by atoms with Gasteiger partial charge in [-0.25, -0.2) is 9.18 Å². The SMILES string of the molecule is CCC(=O)/C(=C/C(C)=C/C=C(/F)CC)C(=O)OC. The second-order valence-corrected chi connectivity index (χ2v) is 3.70. The van der Waals surface area contributed by atoms with E-state index in [1.165, 1.54) is 25.3 Å². The molecule has 0 saturated heterocycles. The number of rotatable bonds is 6. The van der Waals surface area contributed by atoms with Gasteiger partial charge in [-0.05, 0) is 25.5 Å². The van der Waals surface area contributed by atoms with Crippen molar-refractivity contribution in [3.8, 4) is 0 Å². The van der Waals surface area contributed by atoms with Gasteiger partial charge in [-0.1, -0.05) is 25.5 Å². The molecule has 0 bridgehead atoms. The van der Waals surface area contributed by atoms with E-state index in [1.807, 2.05) is 0 Å². The molecule has 0 aromatic rings. The highest BCUT2D eigenvalue weighted by Crippen LogP contribution is 2.09. The van der Waals surface area contributed by atoms with Crippen LogP contribution in [0.4, 0.5) is 4.39 Å². The van der Waals surface area contributed by atoms with E-state index < -0.39 is 5.97 Å². The van der Waals surface area contributed by atoms with Crippen LogP contribution in [-0.4, -0.2) is 18.9 Å². The zero-order valence-corrected chi connectivity index (χ0v) is 11.2. The minimum Gasteiger partial charge on any atom is -0.465 e. The molecule has 100 valence electrons. The first-order chi connectivity index (χ1) is 8.46. The first-order valence-corrected chi connectivity index (χ1v) is 5.82. The molecule has 0 aromatic carbocycles. The molecule has 0 atom stereocenters. The number of hydrogen-bond donors (Lipinski definition) is 0. The summed E-state index contributed by atoms with van der Waals surface area (Å²) in [5.41, 5.74) is 0.597. The first-order valence-electron chi connectivity index (χ1n) is 5.82. The fourth-order valence-electron chi connectivity index (χ4n) is 1.17. The van der Waals surface area contributed by atoms with Crippen LogP contribution in [-0.2, 0) is 14.3 Å². The van der Waals surface area contributed by atoms with Gasteiger partial charge in [0, 0.05) is 6.42 Å². The normalized spacial score (nSPS) is 13.5. The van der Waals surface area contributed by atoms with Crippen LogP contribution >= 0.6 is 0 Å². The number of halogens is 1. The summed E-state index contributed by atoms with van der Waals surface area (Å²) in [6, 6.07) is 0. The van der Waals surface area contributed by atoms with Crippen molar-refractivity contribution in [3.63, 3.8) is 0 Å². The maximum atomic E-state index is 12.9. The standard InChI is InChI=1S/C14H19FO3/c1-5-11(15)8-7-10(3)9-12(13(16)6-2)14(17)18-4/h7-9H,5-6H2,1-4H3/b10-7+,11-8+,12-9-. The number of ether oxygens (including phenoxy) is 1. The van der Waals surface area contributed by atoms with Gasteiger partial charge in [-0.2, -0.15) is 0 Å². The average Bonchev–Trinajstić information content (AvgIpc) is 2.40. The fraction of sp³-hybridized carbons (Fsp3) is 0.429. The molecule has 4 heteroatoms. The molecule has 0 N–H and O–H groups in total. The maximum absolute atomic E-state index is 12.9. The highest BCUT2D eigenvalue weighted by atomic mass is 19.1. The molecule has 0 rings (SSSR count). The maximum Gasteiger partial charge on any atom is 0.341 e. The number of carbonyl (C=O) groups excluding carboxylic acids is 2. The lowest BCUT2D eigenvalue weighted by molar-refractivity contribution is -0.137. The predicted octanol–water partition coefficient (Wildman–Crippen LogP) is 3.27. The first kappa shape index (κ1) is 16.3. The van der Waals surface area contributed by atoms with Gasteiger partial charge >= 0.3 is 5.97 Å². The molecule has 3 nitrogen and oxygen atoms in total. The molecule has 0 radical (unpaired) electrons. The smallest absolute Gasteiger partial charge is 0.341 e. The minimum atomic E-state index is -0.672. The number of carbonyl (C=O) groups is 2. The van der Waals surface area contributed by atoms with Crippen LogP contribution < -0.4 is 0 Å². The van der Waals surface area contributed by atoms with Crippen molar-refractivity contribution in [2.45, 2.75) is 33.6 Å². The zero-order valence-electron chi connectivity index (χ0n) is 11.2. The summed E-state index contributed by atoms with van der Waals surface area (Å²) >= 11 is 0. The van der Waals surface area contributed by atoms with Crippen molar-refractivity contribution < 1.29 is 18.7 Å². The van der Waals surface area contributed by atoms with Gasteiger partial charge in [0.1, 0.15) is 5.57 Å². The fourth-order valence-corrected chi connectivity index (χ4v) is 1.17. The van der Waals surface area contributed by atoms with Crippen LogP contribution in [0.2, 0.25) is 0 Å². The number of methoxy groups -OCH3 is 1. The Hall–Kier alpha value is -1.71. The molecule has 0 aliphatic heterocycles. The van der Waals surface area contributed by atoms with Crippen LogP contribution in [0.15, 0.2) is 35.2 Å². The number of esters is 1. The van der Waals surface area contributed by atoms with Crippen molar-refractivity contribution in [3.05, 3.63) is 35.2 Å². The van der Waals surface area contributed by atoms with Crippen molar-refractivity contribution in [2.24, 2.45) is 0 Å². The molecule has 0 aliphatic rings. The van der Waals surface area contributed by atoms with E-state index in [0.29, 0.717) is 12.0 Å². The highest BCUT2D eigenvalue weighted by Gasteiger charge is 2.16. The Morgan fingerprint density at radius 2 is 1.78 bits per heavy atom. The molecular weight excluding hydrogens is 235 g/mol. The number of allylic oxidation sites excluding steroid dienone is 5. The lowest BCUT2D eigenvalue weighted by atomic mass is 10.1. The summed E-state index contributed by atoms with van der Waals surface area (Å²) in [5.74, 6) is -1.23. The van der Waals surface area contributed by atoms with E-state index in [1.54, 1.807) is 20.8 Å². The lowest BCUT2D eigenvalue weighted by Crippen LogP contribution is -2.13. The van der Waals surface area contributed by atoms with E-state index in [9.17, 15) is 14.0 Å². The van der Waals surface area contributed by atoms with E-state index in [0.717, 1.165) is 0 Å². The monoisotopic (exact) mass is 254 g/mol. The van der Waals surface area contributed by atoms with Crippen molar-refractivity contribution in [1.82, 2.24) is 0 Å². The minimum absolute atomic E-state index is 0.0148. The number of hydrogen-bond acceptors (Lipinski definition) is 3. The summed E-state index contributed by atoms with van der Waals surface area (Å²) in [7, 11) is 1.22. The average molecular weight is 254 g/mol. The molecule has 0 unspecified atom stereocenters. The van der Waals surface area contributed by atoms with Crippen LogP contribution in [0.3, 0.4) is 0 Å². The van der Waals surface area contributed by atoms with Gasteiger partial charge < -0.3 is 4.74 Å². The summed E-state index contributed by atoms with van der Waals surface area (Å²) in [6.07, 6.45) is 4.78. The summed E-state index contributed by atoms with van der Waals surface area (Å²) < 4.78 is 17.5. The van der Waals surface area contributed by atoms with Gasteiger partial charge in [-0.3, -0.25) is 4.79 Å². The highest BCUT2D eigenvalue weighted by molar-refractivity contribution is 6.17. The third kappa shape index (κ3) is 5.57. The molecule has 18 heavy (non-hydrogen) atoms. The molecule has 0 aromatic heterocycles. The van der Waals surface area contributed by atoms with Crippen LogP contribution in [0.25, 0.3) is 0 Å². The lowest BCUT2D eigenvalue weighted by Gasteiger charge is -2.02. The third-order valence-electron chi connectivity index (χ3n) is 2.26. The van der Waals surface area contributed by atoms with Gasteiger partial charge in [0.25, 0.3) is 0 Å². The van der Waals surface area contributed by atoms with Crippen LogP contribution in [0.5, 0.6) is 0 Å². The molecule has 0 aliphatic carbocycles. The zero-order chi connectivity index (χ0) is 14.1. The third-order valence-corrected chi connectivity index (χ3v) is 2.26. The van der Waals surface area contributed by atoms with Gasteiger partial charge in [-0.15, -0.1) is 0 Å². The van der Waals surface area contributed by atoms with Crippen molar-refractivity contribution in [1.29, 1.82) is 0 Å². The Labute approximate surface area is 107 Å². The summed E-state index contributed by atoms with van der Waals surface area (Å²) in [6.45, 7) is 5.05. The Kier molecular flexibility index (Phi) is 7.59. The topological polar surface area (TPSA) is 43.4 Å². The predicted molar refractivity (Wildman–Crippen MR) is 68.6 cm³/mol. The van der Waals surface area contributed by atoms with Crippen LogP contribution in [0.1, 0.15) is 33.6 Å². The Morgan fingerprint density at radius 3 is 2.22 bits per heavy atom. The number of Topliss-reactive ketones (excluding diaryl/α,β-unsaturated/α-hetero) is 1. The summed E-state index contributed by atoms with van der Waals surface area (Å²) in [5, 5.41) is 0. The second-order valence-electron chi connectivity index (χ2n) is 3.70. The van der Waals surface area contributed by atoms with Crippen molar-refractivity contribution in [2.75, 3.05) is 7.11 Å². The van der Waals surface area contributed by atoms with Crippen LogP contribution in [0, 0.1) is 0 Å². The molecular formula is C14H19FO3. The Bertz CT molecular complexity index is 385. The van der Waals surface area contributed by atoms with E-state index >= 15 is 0 Å². The largest absolute Gasteiger partial charge is 0.465 e. The Morgan fingerprint density at radius 1 is 1.17 bits per heavy atom. The van der Waals surface area contributed by atoms with E-state index in [-0.39, 0.29) is 23.6 Å². The van der Waals surface area contributed by atoms with Gasteiger partial charge in [0.2, 0.25) is 0 Å². The van der Waals surface area contributed by atoms with Crippen molar-refractivity contribution >= 4 is 11.8 Å².